The van der Waals surface area contributed by atoms with E-state index in [0.29, 0.717) is 41.7 Å². The number of amides is 1. The van der Waals surface area contributed by atoms with Gasteiger partial charge in [0, 0.05) is 30.8 Å². The standard InChI is InChI=1S/C27H25F2N5O2/c1-3-4-17-11-18(22(28)24-23(17)31-14(2)27(36)33-24)13-34-9-7-16(8-10-34)21-19(15-5-6-15)12-20(26(30)35)32-25(21)29/h7,11-12,15H,5-6,8-10,13H2,1-2H3,(H2,30,35)(H,33,36). The van der Waals surface area contributed by atoms with Crippen LogP contribution < -0.4 is 11.3 Å². The molecule has 1 fully saturated rings. The van der Waals surface area contributed by atoms with Gasteiger partial charge in [0.2, 0.25) is 5.95 Å². The van der Waals surface area contributed by atoms with Crippen LogP contribution in [0.3, 0.4) is 0 Å². The van der Waals surface area contributed by atoms with Crippen molar-refractivity contribution in [2.24, 2.45) is 5.73 Å². The maximum atomic E-state index is 15.4. The molecule has 2 aromatic heterocycles. The number of nitrogens with zero attached hydrogens (tertiary/aromatic N) is 3. The molecule has 0 radical (unpaired) electrons. The van der Waals surface area contributed by atoms with E-state index >= 15 is 4.39 Å². The average Bonchev–Trinajstić information content (AvgIpc) is 3.69. The number of aryl methyl sites for hydroxylation is 1. The first kappa shape index (κ1) is 23.8. The smallest absolute Gasteiger partial charge is 0.269 e. The second-order valence-electron chi connectivity index (χ2n) is 9.26. The van der Waals surface area contributed by atoms with Gasteiger partial charge in [-0.2, -0.15) is 4.39 Å². The van der Waals surface area contributed by atoms with Crippen molar-refractivity contribution in [3.63, 3.8) is 0 Å². The molecule has 3 heterocycles. The van der Waals surface area contributed by atoms with Crippen molar-refractivity contribution in [2.45, 2.75) is 45.6 Å². The lowest BCUT2D eigenvalue weighted by Crippen LogP contribution is -2.29. The van der Waals surface area contributed by atoms with Crippen LogP contribution in [0.15, 0.2) is 23.0 Å². The van der Waals surface area contributed by atoms with E-state index in [4.69, 9.17) is 5.73 Å². The lowest BCUT2D eigenvalue weighted by Gasteiger charge is -2.27. The van der Waals surface area contributed by atoms with Crippen LogP contribution in [-0.2, 0) is 6.54 Å². The summed E-state index contributed by atoms with van der Waals surface area (Å²) >= 11 is 0. The summed E-state index contributed by atoms with van der Waals surface area (Å²) in [6.07, 6.45) is 4.35. The topological polar surface area (TPSA) is 105 Å². The van der Waals surface area contributed by atoms with Gasteiger partial charge in [-0.3, -0.25) is 14.5 Å². The van der Waals surface area contributed by atoms with Crippen LogP contribution >= 0.6 is 0 Å². The Morgan fingerprint density at radius 1 is 1.28 bits per heavy atom. The van der Waals surface area contributed by atoms with Gasteiger partial charge in [-0.15, -0.1) is 5.92 Å². The molecule has 3 aromatic rings. The molecule has 1 amide bonds. The highest BCUT2D eigenvalue weighted by molar-refractivity contribution is 5.91. The number of rotatable bonds is 5. The molecule has 0 bridgehead atoms. The summed E-state index contributed by atoms with van der Waals surface area (Å²) in [4.78, 5) is 36.4. The normalized spacial score (nSPS) is 15.9. The molecule has 0 unspecified atom stereocenters. The molecule has 0 saturated heterocycles. The van der Waals surface area contributed by atoms with Crippen LogP contribution in [-0.4, -0.2) is 38.8 Å². The van der Waals surface area contributed by atoms with E-state index in [1.807, 2.05) is 11.0 Å². The zero-order valence-corrected chi connectivity index (χ0v) is 20.0. The van der Waals surface area contributed by atoms with Gasteiger partial charge in [-0.1, -0.05) is 12.0 Å². The number of aromatic amines is 1. The van der Waals surface area contributed by atoms with Gasteiger partial charge in [-0.05, 0) is 62.3 Å². The third kappa shape index (κ3) is 4.40. The summed E-state index contributed by atoms with van der Waals surface area (Å²) in [7, 11) is 0. The molecule has 184 valence electrons. The van der Waals surface area contributed by atoms with E-state index in [2.05, 4.69) is 26.8 Å². The summed E-state index contributed by atoms with van der Waals surface area (Å²) in [6.45, 7) is 4.59. The molecule has 1 aromatic carbocycles. The molecule has 1 saturated carbocycles. The van der Waals surface area contributed by atoms with Crippen molar-refractivity contribution in [2.75, 3.05) is 13.1 Å². The maximum absolute atomic E-state index is 15.4. The highest BCUT2D eigenvalue weighted by Crippen LogP contribution is 2.44. The van der Waals surface area contributed by atoms with Crippen LogP contribution in [0.1, 0.15) is 70.5 Å². The number of hydrogen-bond donors (Lipinski definition) is 2. The van der Waals surface area contributed by atoms with Crippen molar-refractivity contribution in [1.82, 2.24) is 19.9 Å². The van der Waals surface area contributed by atoms with Crippen LogP contribution in [0.2, 0.25) is 0 Å². The number of benzene rings is 1. The Morgan fingerprint density at radius 2 is 2.06 bits per heavy atom. The maximum Gasteiger partial charge on any atom is 0.269 e. The molecule has 1 aliphatic carbocycles. The molecule has 9 heteroatoms. The molecule has 0 spiro atoms. The molecule has 3 N–H and O–H groups in total. The first-order valence-electron chi connectivity index (χ1n) is 11.8. The number of nitrogens with one attached hydrogen (secondary N) is 1. The molecule has 2 aliphatic rings. The second kappa shape index (κ2) is 9.28. The Morgan fingerprint density at radius 3 is 2.69 bits per heavy atom. The Bertz CT molecular complexity index is 1560. The molecular formula is C27H25F2N5O2. The van der Waals surface area contributed by atoms with Gasteiger partial charge in [0.25, 0.3) is 11.5 Å². The summed E-state index contributed by atoms with van der Waals surface area (Å²) in [5.74, 6) is 4.03. The van der Waals surface area contributed by atoms with E-state index in [-0.39, 0.29) is 29.4 Å². The number of primary amides is 1. The predicted molar refractivity (Wildman–Crippen MR) is 132 cm³/mol. The lowest BCUT2D eigenvalue weighted by molar-refractivity contribution is 0.0994. The fourth-order valence-electron chi connectivity index (χ4n) is 4.72. The Kier molecular flexibility index (Phi) is 6.14. The molecule has 5 rings (SSSR count). The minimum atomic E-state index is -0.748. The van der Waals surface area contributed by atoms with E-state index in [0.717, 1.165) is 24.0 Å². The third-order valence-corrected chi connectivity index (χ3v) is 6.70. The summed E-state index contributed by atoms with van der Waals surface area (Å²) in [5, 5.41) is 0. The fraction of sp³-hybridized carbons (Fsp3) is 0.333. The van der Waals surface area contributed by atoms with Crippen molar-refractivity contribution >= 4 is 22.5 Å². The molecule has 0 atom stereocenters. The quantitative estimate of drug-likeness (QED) is 0.421. The molecule has 7 nitrogen and oxygen atoms in total. The van der Waals surface area contributed by atoms with Gasteiger partial charge in [0.05, 0.1) is 5.56 Å². The number of hydrogen-bond acceptors (Lipinski definition) is 5. The molecular weight excluding hydrogens is 464 g/mol. The van der Waals surface area contributed by atoms with Crippen molar-refractivity contribution < 1.29 is 13.6 Å². The zero-order chi connectivity index (χ0) is 25.6. The second-order valence-corrected chi connectivity index (χ2v) is 9.26. The minimum Gasteiger partial charge on any atom is -0.364 e. The van der Waals surface area contributed by atoms with Gasteiger partial charge < -0.3 is 10.7 Å². The summed E-state index contributed by atoms with van der Waals surface area (Å²) in [6, 6.07) is 3.29. The largest absolute Gasteiger partial charge is 0.364 e. The highest BCUT2D eigenvalue weighted by atomic mass is 19.1. The van der Waals surface area contributed by atoms with Gasteiger partial charge >= 0.3 is 0 Å². The minimum absolute atomic E-state index is 0.0471. The Labute approximate surface area is 206 Å². The van der Waals surface area contributed by atoms with Gasteiger partial charge in [-0.25, -0.2) is 14.4 Å². The Hall–Kier alpha value is -3.90. The van der Waals surface area contributed by atoms with E-state index in [9.17, 15) is 14.0 Å². The number of nitrogens with two attached hydrogens (primary N) is 1. The fourth-order valence-corrected chi connectivity index (χ4v) is 4.72. The van der Waals surface area contributed by atoms with Crippen LogP contribution in [0.5, 0.6) is 0 Å². The number of carbonyl (C=O) groups is 1. The van der Waals surface area contributed by atoms with Crippen LogP contribution in [0, 0.1) is 30.5 Å². The average molecular weight is 490 g/mol. The summed E-state index contributed by atoms with van der Waals surface area (Å²) in [5.41, 5.74) is 8.48. The van der Waals surface area contributed by atoms with Crippen molar-refractivity contribution in [3.05, 3.63) is 74.0 Å². The van der Waals surface area contributed by atoms with Gasteiger partial charge in [0.15, 0.2) is 5.82 Å². The zero-order valence-electron chi connectivity index (χ0n) is 20.0. The predicted octanol–water partition coefficient (Wildman–Crippen LogP) is 3.54. The number of carbonyl (C=O) groups excluding carboxylic acids is 1. The SMILES string of the molecule is CC#Cc1cc(CN2CC=C(c3c(C4CC4)cc(C(N)=O)nc3F)CC2)c(F)c2[nH]c(=O)c(C)nc12. The summed E-state index contributed by atoms with van der Waals surface area (Å²) < 4.78 is 30.4. The monoisotopic (exact) mass is 489 g/mol. The lowest BCUT2D eigenvalue weighted by atomic mass is 9.93. The number of fused-ring (bicyclic) bond motifs is 1. The first-order chi connectivity index (χ1) is 17.3. The number of pyridine rings is 1. The Balaban J connectivity index is 1.45. The van der Waals surface area contributed by atoms with Crippen LogP contribution in [0.4, 0.5) is 8.78 Å². The highest BCUT2D eigenvalue weighted by Gasteiger charge is 2.31. The number of aromatic nitrogens is 3. The number of H-pyrrole nitrogens is 1. The molecule has 36 heavy (non-hydrogen) atoms. The van der Waals surface area contributed by atoms with Crippen molar-refractivity contribution in [1.29, 1.82) is 0 Å². The van der Waals surface area contributed by atoms with E-state index in [1.165, 1.54) is 0 Å². The molecule has 1 aliphatic heterocycles. The number of halogens is 2. The van der Waals surface area contributed by atoms with E-state index in [1.54, 1.807) is 26.0 Å². The van der Waals surface area contributed by atoms with Crippen molar-refractivity contribution in [3.8, 4) is 11.8 Å². The first-order valence-corrected chi connectivity index (χ1v) is 11.8. The third-order valence-electron chi connectivity index (χ3n) is 6.70. The van der Waals surface area contributed by atoms with Crippen LogP contribution in [0.25, 0.3) is 16.6 Å². The van der Waals surface area contributed by atoms with E-state index < -0.39 is 23.2 Å². The van der Waals surface area contributed by atoms with Gasteiger partial charge in [0.1, 0.15) is 22.4 Å².